The quantitative estimate of drug-likeness (QED) is 0.869. The van der Waals surface area contributed by atoms with Crippen molar-refractivity contribution in [1.82, 2.24) is 14.1 Å². The summed E-state index contributed by atoms with van der Waals surface area (Å²) in [5, 5.41) is 4.22. The Morgan fingerprint density at radius 3 is 2.45 bits per heavy atom. The van der Waals surface area contributed by atoms with E-state index < -0.39 is 10.0 Å². The average Bonchev–Trinajstić information content (AvgIpc) is 3.01. The molecule has 1 aromatic heterocycles. The van der Waals surface area contributed by atoms with E-state index in [1.54, 1.807) is 22.6 Å². The molecule has 0 saturated carbocycles. The Balaban J connectivity index is 1.64. The van der Waals surface area contributed by atoms with E-state index in [0.717, 1.165) is 24.9 Å². The Labute approximate surface area is 131 Å². The lowest BCUT2D eigenvalue weighted by Gasteiger charge is -2.31. The van der Waals surface area contributed by atoms with Gasteiger partial charge in [-0.3, -0.25) is 4.68 Å². The van der Waals surface area contributed by atoms with Gasteiger partial charge in [-0.05, 0) is 43.9 Å². The van der Waals surface area contributed by atoms with Gasteiger partial charge in [-0.25, -0.2) is 8.42 Å². The smallest absolute Gasteiger partial charge is 0.243 e. The van der Waals surface area contributed by atoms with Crippen LogP contribution in [-0.2, 0) is 16.6 Å². The fourth-order valence-electron chi connectivity index (χ4n) is 2.86. The van der Waals surface area contributed by atoms with E-state index in [9.17, 15) is 8.42 Å². The molecule has 0 amide bonds. The number of aromatic nitrogens is 2. The number of hydrogen-bond donors (Lipinski definition) is 0. The molecule has 0 radical (unpaired) electrons. The lowest BCUT2D eigenvalue weighted by Crippen LogP contribution is -2.39. The summed E-state index contributed by atoms with van der Waals surface area (Å²) < 4.78 is 28.8. The van der Waals surface area contributed by atoms with E-state index in [1.807, 2.05) is 36.0 Å². The summed E-state index contributed by atoms with van der Waals surface area (Å²) >= 11 is 0. The second-order valence-corrected chi connectivity index (χ2v) is 7.83. The first-order valence-corrected chi connectivity index (χ1v) is 9.04. The van der Waals surface area contributed by atoms with Crippen molar-refractivity contribution in [3.63, 3.8) is 0 Å². The predicted molar refractivity (Wildman–Crippen MR) is 84.9 cm³/mol. The lowest BCUT2D eigenvalue weighted by atomic mass is 9.98. The highest BCUT2D eigenvalue weighted by Gasteiger charge is 2.29. The molecule has 0 atom stereocenters. The molecule has 2 heterocycles. The maximum atomic E-state index is 12.6. The molecule has 6 heteroatoms. The molecule has 1 saturated heterocycles. The van der Waals surface area contributed by atoms with E-state index in [1.165, 1.54) is 0 Å². The number of piperidine rings is 1. The number of rotatable bonds is 4. The van der Waals surface area contributed by atoms with E-state index in [-0.39, 0.29) is 0 Å². The molecular formula is C16H21N3O2S. The van der Waals surface area contributed by atoms with Crippen LogP contribution in [-0.4, -0.2) is 35.6 Å². The first-order chi connectivity index (χ1) is 10.6. The van der Waals surface area contributed by atoms with Crippen LogP contribution in [0.2, 0.25) is 0 Å². The van der Waals surface area contributed by atoms with Gasteiger partial charge in [0.15, 0.2) is 0 Å². The minimum absolute atomic E-state index is 0.392. The summed E-state index contributed by atoms with van der Waals surface area (Å²) in [5.74, 6) is 0.490. The summed E-state index contributed by atoms with van der Waals surface area (Å²) in [6.07, 6.45) is 5.49. The van der Waals surface area contributed by atoms with Crippen LogP contribution < -0.4 is 0 Å². The molecular weight excluding hydrogens is 298 g/mol. The largest absolute Gasteiger partial charge is 0.272 e. The maximum Gasteiger partial charge on any atom is 0.243 e. The van der Waals surface area contributed by atoms with Crippen LogP contribution in [0.15, 0.2) is 47.6 Å². The van der Waals surface area contributed by atoms with E-state index in [0.29, 0.717) is 23.9 Å². The molecule has 1 fully saturated rings. The third-order valence-corrected chi connectivity index (χ3v) is 6.15. The van der Waals surface area contributed by atoms with Crippen LogP contribution in [0.1, 0.15) is 18.4 Å². The second-order valence-electron chi connectivity index (χ2n) is 5.89. The van der Waals surface area contributed by atoms with Gasteiger partial charge >= 0.3 is 0 Å². The standard InChI is InChI=1S/C16H21N3O2S/c1-14-3-5-16(6-4-14)22(20,21)19-11-7-15(8-12-19)13-18-10-2-9-17-18/h2-6,9-10,15H,7-8,11-13H2,1H3. The van der Waals surface area contributed by atoms with E-state index in [4.69, 9.17) is 0 Å². The van der Waals surface area contributed by atoms with Crippen LogP contribution >= 0.6 is 0 Å². The SMILES string of the molecule is Cc1ccc(S(=O)(=O)N2CCC(Cn3cccn3)CC2)cc1. The number of aryl methyl sites for hydroxylation is 1. The number of sulfonamides is 1. The number of nitrogens with zero attached hydrogens (tertiary/aromatic N) is 3. The summed E-state index contributed by atoms with van der Waals surface area (Å²) in [6.45, 7) is 3.99. The highest BCUT2D eigenvalue weighted by Crippen LogP contribution is 2.24. The minimum atomic E-state index is -3.35. The van der Waals surface area contributed by atoms with Gasteiger partial charge in [0, 0.05) is 32.0 Å². The number of benzene rings is 1. The van der Waals surface area contributed by atoms with Crippen LogP contribution in [0, 0.1) is 12.8 Å². The van der Waals surface area contributed by atoms with Gasteiger partial charge in [0.2, 0.25) is 10.0 Å². The summed E-state index contributed by atoms with van der Waals surface area (Å²) in [4.78, 5) is 0.392. The van der Waals surface area contributed by atoms with Crippen molar-refractivity contribution < 1.29 is 8.42 Å². The fourth-order valence-corrected chi connectivity index (χ4v) is 4.33. The first-order valence-electron chi connectivity index (χ1n) is 7.60. The topological polar surface area (TPSA) is 55.2 Å². The maximum absolute atomic E-state index is 12.6. The van der Waals surface area contributed by atoms with Crippen molar-refractivity contribution in [2.24, 2.45) is 5.92 Å². The van der Waals surface area contributed by atoms with Crippen molar-refractivity contribution in [3.8, 4) is 0 Å². The molecule has 0 unspecified atom stereocenters. The molecule has 1 aliphatic heterocycles. The highest BCUT2D eigenvalue weighted by atomic mass is 32.2. The molecule has 0 spiro atoms. The summed E-state index contributed by atoms with van der Waals surface area (Å²) in [6, 6.07) is 8.99. The zero-order valence-electron chi connectivity index (χ0n) is 12.7. The molecule has 1 aromatic carbocycles. The zero-order chi connectivity index (χ0) is 15.6. The van der Waals surface area contributed by atoms with Crippen molar-refractivity contribution in [2.75, 3.05) is 13.1 Å². The third-order valence-electron chi connectivity index (χ3n) is 4.24. The highest BCUT2D eigenvalue weighted by molar-refractivity contribution is 7.89. The van der Waals surface area contributed by atoms with Gasteiger partial charge < -0.3 is 0 Å². The predicted octanol–water partition coefficient (Wildman–Crippen LogP) is 2.29. The molecule has 5 nitrogen and oxygen atoms in total. The van der Waals surface area contributed by atoms with Crippen molar-refractivity contribution in [2.45, 2.75) is 31.2 Å². The monoisotopic (exact) mass is 319 g/mol. The van der Waals surface area contributed by atoms with Crippen molar-refractivity contribution in [3.05, 3.63) is 48.3 Å². The van der Waals surface area contributed by atoms with Crippen LogP contribution in [0.5, 0.6) is 0 Å². The zero-order valence-corrected chi connectivity index (χ0v) is 13.5. The molecule has 22 heavy (non-hydrogen) atoms. The van der Waals surface area contributed by atoms with Gasteiger partial charge in [-0.2, -0.15) is 9.40 Å². The molecule has 2 aromatic rings. The summed E-state index contributed by atoms with van der Waals surface area (Å²) in [5.41, 5.74) is 1.07. The van der Waals surface area contributed by atoms with Crippen molar-refractivity contribution in [1.29, 1.82) is 0 Å². The van der Waals surface area contributed by atoms with Gasteiger partial charge in [0.1, 0.15) is 0 Å². The Morgan fingerprint density at radius 2 is 1.86 bits per heavy atom. The third kappa shape index (κ3) is 3.23. The first kappa shape index (κ1) is 15.2. The lowest BCUT2D eigenvalue weighted by molar-refractivity contribution is 0.247. The van der Waals surface area contributed by atoms with Crippen LogP contribution in [0.25, 0.3) is 0 Å². The Kier molecular flexibility index (Phi) is 4.31. The molecule has 3 rings (SSSR count). The van der Waals surface area contributed by atoms with Gasteiger partial charge in [0.25, 0.3) is 0 Å². The molecule has 1 aliphatic rings. The van der Waals surface area contributed by atoms with E-state index in [2.05, 4.69) is 5.10 Å². The summed E-state index contributed by atoms with van der Waals surface area (Å²) in [7, 11) is -3.35. The number of hydrogen-bond acceptors (Lipinski definition) is 3. The minimum Gasteiger partial charge on any atom is -0.272 e. The van der Waals surface area contributed by atoms with Gasteiger partial charge in [0.05, 0.1) is 4.90 Å². The molecule has 118 valence electrons. The Morgan fingerprint density at radius 1 is 1.18 bits per heavy atom. The van der Waals surface area contributed by atoms with Crippen molar-refractivity contribution >= 4 is 10.0 Å². The van der Waals surface area contributed by atoms with E-state index >= 15 is 0 Å². The Hall–Kier alpha value is -1.66. The van der Waals surface area contributed by atoms with Crippen LogP contribution in [0.3, 0.4) is 0 Å². The molecule has 0 aliphatic carbocycles. The Bertz CT molecular complexity index is 700. The van der Waals surface area contributed by atoms with Gasteiger partial charge in [-0.1, -0.05) is 17.7 Å². The second kappa shape index (κ2) is 6.22. The normalized spacial score (nSPS) is 17.7. The molecule has 0 N–H and O–H groups in total. The average molecular weight is 319 g/mol. The van der Waals surface area contributed by atoms with Gasteiger partial charge in [-0.15, -0.1) is 0 Å². The van der Waals surface area contributed by atoms with Crippen LogP contribution in [0.4, 0.5) is 0 Å². The fraction of sp³-hybridized carbons (Fsp3) is 0.438. The molecule has 0 bridgehead atoms.